The van der Waals surface area contributed by atoms with E-state index in [1.54, 1.807) is 17.9 Å². The van der Waals surface area contributed by atoms with Crippen molar-refractivity contribution in [1.29, 1.82) is 0 Å². The van der Waals surface area contributed by atoms with E-state index in [2.05, 4.69) is 6.07 Å². The lowest BCUT2D eigenvalue weighted by Crippen LogP contribution is -2.35. The van der Waals surface area contributed by atoms with Crippen molar-refractivity contribution in [1.82, 2.24) is 4.90 Å². The van der Waals surface area contributed by atoms with Crippen LogP contribution in [-0.4, -0.2) is 40.6 Å². The quantitative estimate of drug-likeness (QED) is 0.319. The van der Waals surface area contributed by atoms with Crippen LogP contribution in [0.3, 0.4) is 0 Å². The summed E-state index contributed by atoms with van der Waals surface area (Å²) in [6.45, 7) is 3.02. The molecule has 1 amide bonds. The summed E-state index contributed by atoms with van der Waals surface area (Å²) in [4.78, 5) is 37.3. The van der Waals surface area contributed by atoms with Crippen molar-refractivity contribution in [3.63, 3.8) is 0 Å². The van der Waals surface area contributed by atoms with Crippen molar-refractivity contribution in [2.24, 2.45) is 0 Å². The normalized spacial score (nSPS) is 13.0. The number of nitro groups is 1. The molecule has 1 aliphatic heterocycles. The van der Waals surface area contributed by atoms with Crippen LogP contribution in [0.1, 0.15) is 28.4 Å². The number of carbonyl (C=O) groups excluding carboxylic acids is 2. The van der Waals surface area contributed by atoms with E-state index in [0.717, 1.165) is 23.7 Å². The molecule has 7 nitrogen and oxygen atoms in total. The van der Waals surface area contributed by atoms with Gasteiger partial charge < -0.3 is 9.64 Å². The summed E-state index contributed by atoms with van der Waals surface area (Å²) >= 11 is 1.03. The van der Waals surface area contributed by atoms with Crippen molar-refractivity contribution in [2.75, 3.05) is 18.9 Å². The van der Waals surface area contributed by atoms with Crippen molar-refractivity contribution >= 4 is 29.3 Å². The van der Waals surface area contributed by atoms with Crippen LogP contribution in [0.5, 0.6) is 0 Å². The van der Waals surface area contributed by atoms with Crippen LogP contribution < -0.4 is 0 Å². The van der Waals surface area contributed by atoms with Crippen LogP contribution in [0.2, 0.25) is 0 Å². The second-order valence-corrected chi connectivity index (χ2v) is 7.30. The molecule has 0 aliphatic carbocycles. The Kier molecular flexibility index (Phi) is 6.30. The molecule has 2 aromatic rings. The van der Waals surface area contributed by atoms with Crippen LogP contribution >= 0.6 is 11.8 Å². The first-order chi connectivity index (χ1) is 13.5. The Labute approximate surface area is 166 Å². The van der Waals surface area contributed by atoms with E-state index in [1.807, 2.05) is 18.2 Å². The summed E-state index contributed by atoms with van der Waals surface area (Å²) in [5, 5.41) is 11.5. The van der Waals surface area contributed by atoms with Gasteiger partial charge >= 0.3 is 5.97 Å². The minimum atomic E-state index is -0.532. The first-order valence-corrected chi connectivity index (χ1v) is 9.91. The molecule has 0 unspecified atom stereocenters. The predicted octanol–water partition coefficient (Wildman–Crippen LogP) is 3.45. The van der Waals surface area contributed by atoms with Gasteiger partial charge in [0, 0.05) is 24.7 Å². The maximum Gasteiger partial charge on any atom is 0.316 e. The van der Waals surface area contributed by atoms with Gasteiger partial charge in [-0.25, -0.2) is 0 Å². The molecular formula is C20H20N2O5S. The van der Waals surface area contributed by atoms with Gasteiger partial charge in [-0.1, -0.05) is 24.3 Å². The van der Waals surface area contributed by atoms with Gasteiger partial charge in [-0.15, -0.1) is 11.8 Å². The molecule has 0 saturated carbocycles. The van der Waals surface area contributed by atoms with Crippen LogP contribution in [0, 0.1) is 10.1 Å². The highest BCUT2D eigenvalue weighted by Crippen LogP contribution is 2.31. The van der Waals surface area contributed by atoms with Gasteiger partial charge in [-0.3, -0.25) is 19.7 Å². The van der Waals surface area contributed by atoms with Gasteiger partial charge in [-0.2, -0.15) is 0 Å². The number of hydrogen-bond acceptors (Lipinski definition) is 6. The number of fused-ring (bicyclic) bond motifs is 1. The number of nitro benzene ring substituents is 1. The van der Waals surface area contributed by atoms with Crippen LogP contribution in [0.4, 0.5) is 5.69 Å². The van der Waals surface area contributed by atoms with Crippen molar-refractivity contribution in [3.8, 4) is 0 Å². The van der Waals surface area contributed by atoms with Crippen molar-refractivity contribution in [3.05, 3.63) is 69.3 Å². The highest BCUT2D eigenvalue weighted by atomic mass is 32.2. The van der Waals surface area contributed by atoms with Gasteiger partial charge in [0.1, 0.15) is 0 Å². The largest absolute Gasteiger partial charge is 0.465 e. The molecular weight excluding hydrogens is 380 g/mol. The van der Waals surface area contributed by atoms with E-state index in [1.165, 1.54) is 17.7 Å². The minimum absolute atomic E-state index is 0.0229. The summed E-state index contributed by atoms with van der Waals surface area (Å²) in [7, 11) is 0. The minimum Gasteiger partial charge on any atom is -0.465 e. The van der Waals surface area contributed by atoms with Crippen molar-refractivity contribution in [2.45, 2.75) is 24.8 Å². The molecule has 0 atom stereocenters. The van der Waals surface area contributed by atoms with Crippen molar-refractivity contribution < 1.29 is 19.2 Å². The zero-order valence-corrected chi connectivity index (χ0v) is 16.2. The molecule has 8 heteroatoms. The highest BCUT2D eigenvalue weighted by Gasteiger charge is 2.24. The molecule has 0 N–H and O–H groups in total. The number of carbonyl (C=O) groups is 2. The summed E-state index contributed by atoms with van der Waals surface area (Å²) in [6.07, 6.45) is 0.761. The number of thioether (sulfide) groups is 1. The molecule has 146 valence electrons. The van der Waals surface area contributed by atoms with Crippen LogP contribution in [-0.2, 0) is 22.5 Å². The topological polar surface area (TPSA) is 89.8 Å². The molecule has 1 aliphatic rings. The maximum atomic E-state index is 12.9. The number of esters is 1. The van der Waals surface area contributed by atoms with E-state index in [-0.39, 0.29) is 29.5 Å². The van der Waals surface area contributed by atoms with Gasteiger partial charge in [0.2, 0.25) is 0 Å². The summed E-state index contributed by atoms with van der Waals surface area (Å²) in [5.41, 5.74) is 2.41. The van der Waals surface area contributed by atoms with Crippen LogP contribution in [0.25, 0.3) is 0 Å². The Bertz CT molecular complexity index is 915. The Morgan fingerprint density at radius 1 is 1.21 bits per heavy atom. The number of rotatable bonds is 6. The highest BCUT2D eigenvalue weighted by molar-refractivity contribution is 8.00. The van der Waals surface area contributed by atoms with Gasteiger partial charge in [0.15, 0.2) is 0 Å². The molecule has 3 rings (SSSR count). The van der Waals surface area contributed by atoms with Gasteiger partial charge in [0.25, 0.3) is 11.6 Å². The van der Waals surface area contributed by atoms with Gasteiger partial charge in [-0.05, 0) is 36.6 Å². The average Bonchev–Trinajstić information content (AvgIpc) is 2.71. The molecule has 0 saturated heterocycles. The summed E-state index contributed by atoms with van der Waals surface area (Å²) < 4.78 is 4.84. The zero-order chi connectivity index (χ0) is 20.1. The predicted molar refractivity (Wildman–Crippen MR) is 105 cm³/mol. The fourth-order valence-electron chi connectivity index (χ4n) is 3.11. The van der Waals surface area contributed by atoms with E-state index in [0.29, 0.717) is 18.0 Å². The molecule has 1 heterocycles. The van der Waals surface area contributed by atoms with E-state index in [4.69, 9.17) is 4.74 Å². The lowest BCUT2D eigenvalue weighted by molar-refractivity contribution is -0.387. The summed E-state index contributed by atoms with van der Waals surface area (Å²) in [5.74, 6) is -0.696. The first kappa shape index (κ1) is 19.9. The smallest absolute Gasteiger partial charge is 0.316 e. The monoisotopic (exact) mass is 400 g/mol. The Morgan fingerprint density at radius 2 is 1.96 bits per heavy atom. The van der Waals surface area contributed by atoms with E-state index < -0.39 is 10.9 Å². The second kappa shape index (κ2) is 8.88. The zero-order valence-electron chi connectivity index (χ0n) is 15.4. The fraction of sp³-hybridized carbons (Fsp3) is 0.300. The Morgan fingerprint density at radius 3 is 2.68 bits per heavy atom. The Hall–Kier alpha value is -2.87. The number of ether oxygens (including phenoxy) is 1. The van der Waals surface area contributed by atoms with E-state index in [9.17, 15) is 19.7 Å². The Balaban J connectivity index is 1.77. The summed E-state index contributed by atoms with van der Waals surface area (Å²) in [6, 6.07) is 12.3. The number of amides is 1. The molecule has 0 radical (unpaired) electrons. The van der Waals surface area contributed by atoms with Crippen LogP contribution in [0.15, 0.2) is 47.4 Å². The SMILES string of the molecule is CCOC(=O)CSc1ccc(C(=O)N2CCc3ccccc3C2)cc1[N+](=O)[O-]. The standard InChI is InChI=1S/C20H20N2O5S/c1-2-27-19(23)13-28-18-8-7-15(11-17(18)22(25)26)20(24)21-10-9-14-5-3-4-6-16(14)12-21/h3-8,11H,2,9-10,12-13H2,1H3. The first-order valence-electron chi connectivity index (χ1n) is 8.92. The second-order valence-electron chi connectivity index (χ2n) is 6.28. The fourth-order valence-corrected chi connectivity index (χ4v) is 3.91. The third-order valence-electron chi connectivity index (χ3n) is 4.47. The number of hydrogen-bond donors (Lipinski definition) is 0. The maximum absolute atomic E-state index is 12.9. The molecule has 0 bridgehead atoms. The lowest BCUT2D eigenvalue weighted by Gasteiger charge is -2.29. The number of nitrogens with zero attached hydrogens (tertiary/aromatic N) is 2. The average molecular weight is 400 g/mol. The lowest BCUT2D eigenvalue weighted by atomic mass is 9.99. The number of benzene rings is 2. The van der Waals surface area contributed by atoms with Gasteiger partial charge in [0.05, 0.1) is 22.2 Å². The molecule has 2 aromatic carbocycles. The molecule has 0 fully saturated rings. The third kappa shape index (κ3) is 4.51. The molecule has 0 aromatic heterocycles. The molecule has 28 heavy (non-hydrogen) atoms. The third-order valence-corrected chi connectivity index (χ3v) is 5.51. The van der Waals surface area contributed by atoms with E-state index >= 15 is 0 Å². The molecule has 0 spiro atoms.